The third kappa shape index (κ3) is 18.7. The maximum atomic E-state index is 10.9. The molecule has 2 N–H and O–H groups in total. The van der Waals surface area contributed by atoms with Gasteiger partial charge >= 0.3 is 0 Å². The molecule has 0 heterocycles. The molecule has 0 aliphatic heterocycles. The molecule has 2 rings (SSSR count). The van der Waals surface area contributed by atoms with E-state index in [1.165, 1.54) is 63.8 Å². The Bertz CT molecular complexity index is 1690. The molecule has 0 bridgehead atoms. The summed E-state index contributed by atoms with van der Waals surface area (Å²) in [4.78, 5) is 0. The number of phenols is 2. The van der Waals surface area contributed by atoms with Crippen LogP contribution in [0.1, 0.15) is 163 Å². The van der Waals surface area contributed by atoms with Crippen LogP contribution < -0.4 is 0 Å². The highest BCUT2D eigenvalue weighted by Crippen LogP contribution is 2.39. The van der Waals surface area contributed by atoms with Gasteiger partial charge in [0.1, 0.15) is 11.5 Å². The summed E-state index contributed by atoms with van der Waals surface area (Å²) in [6, 6.07) is 7.50. The topological polar surface area (TPSA) is 40.5 Å². The quantitative estimate of drug-likeness (QED) is 0.0887. The van der Waals surface area contributed by atoms with Gasteiger partial charge in [0.05, 0.1) is 0 Å². The lowest BCUT2D eigenvalue weighted by atomic mass is 9.95. The van der Waals surface area contributed by atoms with E-state index in [2.05, 4.69) is 111 Å². The van der Waals surface area contributed by atoms with Crippen molar-refractivity contribution in [2.75, 3.05) is 0 Å². The van der Waals surface area contributed by atoms with Gasteiger partial charge in [-0.05, 0) is 171 Å². The monoisotopic (exact) mass is 719 g/mol. The fourth-order valence-electron chi connectivity index (χ4n) is 6.69. The first-order chi connectivity index (χ1) is 25.3. The van der Waals surface area contributed by atoms with E-state index in [9.17, 15) is 10.2 Å². The van der Waals surface area contributed by atoms with E-state index in [-0.39, 0.29) is 11.5 Å². The molecule has 2 aromatic carbocycles. The molecule has 0 saturated carbocycles. The van der Waals surface area contributed by atoms with Crippen molar-refractivity contribution < 1.29 is 10.2 Å². The molecule has 0 fully saturated rings. The van der Waals surface area contributed by atoms with Crippen LogP contribution in [0.5, 0.6) is 11.5 Å². The molecule has 0 aliphatic rings. The van der Waals surface area contributed by atoms with E-state index in [1.807, 2.05) is 31.2 Å². The average Bonchev–Trinajstić information content (AvgIpc) is 3.10. The lowest BCUT2D eigenvalue weighted by Gasteiger charge is -2.13. The zero-order chi connectivity index (χ0) is 39.2. The average molecular weight is 719 g/mol. The Hall–Kier alpha value is -3.78. The minimum Gasteiger partial charge on any atom is -0.507 e. The Morgan fingerprint density at radius 1 is 0.415 bits per heavy atom. The second-order valence-corrected chi connectivity index (χ2v) is 16.0. The molecule has 53 heavy (non-hydrogen) atoms. The largest absolute Gasteiger partial charge is 0.507 e. The first kappa shape index (κ1) is 45.4. The maximum absolute atomic E-state index is 10.9. The number of fused-ring (bicyclic) bond motifs is 1. The number of hydrogen-bond donors (Lipinski definition) is 2. The normalized spacial score (nSPS) is 14.0. The van der Waals surface area contributed by atoms with E-state index >= 15 is 0 Å². The van der Waals surface area contributed by atoms with Crippen molar-refractivity contribution in [3.8, 4) is 11.5 Å². The van der Waals surface area contributed by atoms with E-state index in [0.29, 0.717) is 17.2 Å². The number of aromatic hydroxyl groups is 2. The molecule has 0 aromatic heterocycles. The Morgan fingerprint density at radius 2 is 0.698 bits per heavy atom. The molecule has 2 aromatic rings. The zero-order valence-corrected chi connectivity index (χ0v) is 35.4. The third-order valence-electron chi connectivity index (χ3n) is 10.5. The van der Waals surface area contributed by atoms with E-state index in [0.717, 1.165) is 81.8 Å². The van der Waals surface area contributed by atoms with Crippen LogP contribution in [0.25, 0.3) is 10.8 Å². The predicted octanol–water partition coefficient (Wildman–Crippen LogP) is 16.2. The summed E-state index contributed by atoms with van der Waals surface area (Å²) in [5.74, 6) is 0.549. The Balaban J connectivity index is 1.64. The van der Waals surface area contributed by atoms with Gasteiger partial charge in [0.15, 0.2) is 0 Å². The van der Waals surface area contributed by atoms with Crippen LogP contribution in [0.15, 0.2) is 117 Å². The van der Waals surface area contributed by atoms with Crippen molar-refractivity contribution in [1.82, 2.24) is 0 Å². The minimum absolute atomic E-state index is 0.267. The first-order valence-corrected chi connectivity index (χ1v) is 20.4. The van der Waals surface area contributed by atoms with E-state index < -0.39 is 0 Å². The molecule has 0 radical (unpaired) electrons. The molecule has 0 aliphatic carbocycles. The number of rotatable bonds is 23. The minimum atomic E-state index is 0.267. The molecule has 0 amide bonds. The van der Waals surface area contributed by atoms with Crippen LogP contribution in [-0.2, 0) is 6.42 Å². The number of phenolic OH excluding ortho intramolecular Hbond substituents is 2. The van der Waals surface area contributed by atoms with Gasteiger partial charge in [-0.25, -0.2) is 0 Å². The Morgan fingerprint density at radius 3 is 1.02 bits per heavy atom. The van der Waals surface area contributed by atoms with Crippen molar-refractivity contribution in [1.29, 1.82) is 0 Å². The van der Waals surface area contributed by atoms with Crippen LogP contribution in [0.2, 0.25) is 0 Å². The van der Waals surface area contributed by atoms with Crippen molar-refractivity contribution in [2.24, 2.45) is 0 Å². The van der Waals surface area contributed by atoms with Crippen LogP contribution in [0.4, 0.5) is 0 Å². The lowest BCUT2D eigenvalue weighted by Crippen LogP contribution is -1.92. The summed E-state index contributed by atoms with van der Waals surface area (Å²) in [6.07, 6.45) is 35.5. The predicted molar refractivity (Wildman–Crippen MR) is 236 cm³/mol. The molecule has 2 nitrogen and oxygen atoms in total. The SMILES string of the molecule is CC(C)=CCC/C(C)=C\CC/C(C)=C/CC/C(C)=C/CC/C(C)=C/CC/C(C)=C\CC/C(C)=C/CC/C(C)=C/Cc1c(C)c(O)c2ccccc2c1O. The molecule has 0 saturated heterocycles. The zero-order valence-electron chi connectivity index (χ0n) is 35.4. The smallest absolute Gasteiger partial charge is 0.127 e. The van der Waals surface area contributed by atoms with E-state index in [1.54, 1.807) is 0 Å². The Labute approximate surface area is 325 Å². The third-order valence-corrected chi connectivity index (χ3v) is 10.5. The molecular formula is C51H74O2. The van der Waals surface area contributed by atoms with Gasteiger partial charge < -0.3 is 10.2 Å². The lowest BCUT2D eigenvalue weighted by molar-refractivity contribution is 0.461. The Kier molecular flexibility index (Phi) is 21.6. The molecule has 0 unspecified atom stereocenters. The van der Waals surface area contributed by atoms with Gasteiger partial charge in [0.25, 0.3) is 0 Å². The standard InChI is InChI=1S/C51H74O2/c1-38(2)20-13-21-39(3)22-14-23-40(4)24-15-25-41(5)26-16-27-42(6)28-17-29-43(7)30-18-31-44(8)32-19-33-45(9)36-37-47-46(10)50(52)48-34-11-12-35-49(48)51(47)53/h11-12,20,22,24,26,28,30,32,34-36,52-53H,13-19,21,23,25,27,29,31,33,37H2,1-10H3/b39-22-,40-24+,41-26+,42-28+,43-30-,44-32+,45-36+. The van der Waals surface area contributed by atoms with Crippen molar-refractivity contribution in [3.05, 3.63) is 129 Å². The fourth-order valence-corrected chi connectivity index (χ4v) is 6.69. The summed E-state index contributed by atoms with van der Waals surface area (Å²) in [5.41, 5.74) is 13.3. The van der Waals surface area contributed by atoms with Crippen molar-refractivity contribution in [2.45, 2.75) is 166 Å². The molecule has 0 spiro atoms. The molecular weight excluding hydrogens is 645 g/mol. The molecule has 0 atom stereocenters. The second kappa shape index (κ2) is 25.3. The van der Waals surface area contributed by atoms with Gasteiger partial charge in [-0.3, -0.25) is 0 Å². The summed E-state index contributed by atoms with van der Waals surface area (Å²) in [6.45, 7) is 22.1. The highest BCUT2D eigenvalue weighted by molar-refractivity contribution is 5.95. The summed E-state index contributed by atoms with van der Waals surface area (Å²) >= 11 is 0. The van der Waals surface area contributed by atoms with Gasteiger partial charge in [0.2, 0.25) is 0 Å². The number of allylic oxidation sites excluding steroid dienone is 16. The van der Waals surface area contributed by atoms with Gasteiger partial charge in [0, 0.05) is 16.3 Å². The van der Waals surface area contributed by atoms with Gasteiger partial charge in [-0.2, -0.15) is 0 Å². The molecule has 2 heteroatoms. The van der Waals surface area contributed by atoms with Gasteiger partial charge in [-0.1, -0.05) is 117 Å². The molecule has 290 valence electrons. The highest BCUT2D eigenvalue weighted by atomic mass is 16.3. The van der Waals surface area contributed by atoms with Crippen molar-refractivity contribution >= 4 is 10.8 Å². The van der Waals surface area contributed by atoms with Crippen LogP contribution in [0.3, 0.4) is 0 Å². The van der Waals surface area contributed by atoms with Crippen LogP contribution in [0, 0.1) is 6.92 Å². The van der Waals surface area contributed by atoms with Crippen LogP contribution >= 0.6 is 0 Å². The highest BCUT2D eigenvalue weighted by Gasteiger charge is 2.14. The second-order valence-electron chi connectivity index (χ2n) is 16.0. The summed E-state index contributed by atoms with van der Waals surface area (Å²) in [7, 11) is 0. The summed E-state index contributed by atoms with van der Waals surface area (Å²) in [5, 5.41) is 23.0. The first-order valence-electron chi connectivity index (χ1n) is 20.4. The number of benzene rings is 2. The van der Waals surface area contributed by atoms with Gasteiger partial charge in [-0.15, -0.1) is 0 Å². The van der Waals surface area contributed by atoms with Crippen molar-refractivity contribution in [3.63, 3.8) is 0 Å². The maximum Gasteiger partial charge on any atom is 0.127 e. The fraction of sp³-hybridized carbons (Fsp3) is 0.490. The summed E-state index contributed by atoms with van der Waals surface area (Å²) < 4.78 is 0. The van der Waals surface area contributed by atoms with Crippen LogP contribution in [-0.4, -0.2) is 10.2 Å². The van der Waals surface area contributed by atoms with E-state index in [4.69, 9.17) is 0 Å². The number of hydrogen-bond acceptors (Lipinski definition) is 2.